The van der Waals surface area contributed by atoms with Crippen molar-refractivity contribution in [2.24, 2.45) is 22.2 Å². The van der Waals surface area contributed by atoms with E-state index in [1.54, 1.807) is 0 Å². The lowest BCUT2D eigenvalue weighted by Crippen LogP contribution is -2.55. The summed E-state index contributed by atoms with van der Waals surface area (Å²) in [6.45, 7) is 1.38. The van der Waals surface area contributed by atoms with Gasteiger partial charge >= 0.3 is 5.97 Å². The molecule has 3 atom stereocenters. The van der Waals surface area contributed by atoms with E-state index in [1.165, 1.54) is 18.7 Å². The van der Waals surface area contributed by atoms with Crippen molar-refractivity contribution in [2.75, 3.05) is 25.1 Å². The SMILES string of the molecule is CSCCC(NC(=O)C(C)NC(=O)C(CCCN=C(N)N)NC(=O)CN)C(=O)O. The maximum Gasteiger partial charge on any atom is 0.326 e. The fraction of sp³-hybridized carbons (Fsp3) is 0.688. The average Bonchev–Trinajstić information content (AvgIpc) is 2.66. The molecule has 0 fully saturated rings. The third-order valence-electron chi connectivity index (χ3n) is 3.76. The van der Waals surface area contributed by atoms with E-state index in [0.717, 1.165) is 0 Å². The molecule has 0 aromatic heterocycles. The lowest BCUT2D eigenvalue weighted by atomic mass is 10.1. The molecular formula is C16H31N7O5S. The highest BCUT2D eigenvalue weighted by atomic mass is 32.2. The zero-order chi connectivity index (χ0) is 22.4. The minimum atomic E-state index is -1.15. The van der Waals surface area contributed by atoms with Gasteiger partial charge in [0.25, 0.3) is 0 Å². The van der Waals surface area contributed by atoms with E-state index in [2.05, 4.69) is 20.9 Å². The number of amides is 3. The molecule has 0 aliphatic carbocycles. The van der Waals surface area contributed by atoms with Crippen LogP contribution in [0.25, 0.3) is 0 Å². The van der Waals surface area contributed by atoms with Crippen LogP contribution < -0.4 is 33.2 Å². The molecule has 13 heteroatoms. The van der Waals surface area contributed by atoms with E-state index in [1.807, 2.05) is 6.26 Å². The minimum absolute atomic E-state index is 0.0863. The number of aliphatic carboxylic acids is 1. The molecule has 29 heavy (non-hydrogen) atoms. The van der Waals surface area contributed by atoms with Crippen molar-refractivity contribution >= 4 is 41.4 Å². The summed E-state index contributed by atoms with van der Waals surface area (Å²) in [5.74, 6) is -2.46. The minimum Gasteiger partial charge on any atom is -0.480 e. The van der Waals surface area contributed by atoms with Crippen molar-refractivity contribution in [3.8, 4) is 0 Å². The number of hydrogen-bond acceptors (Lipinski definition) is 7. The van der Waals surface area contributed by atoms with Crippen LogP contribution in [-0.4, -0.2) is 78.0 Å². The van der Waals surface area contributed by atoms with Crippen LogP contribution in [0.2, 0.25) is 0 Å². The number of aliphatic imine (C=N–C) groups is 1. The van der Waals surface area contributed by atoms with Gasteiger partial charge in [-0.05, 0) is 38.2 Å². The summed E-state index contributed by atoms with van der Waals surface area (Å²) in [6, 6.07) is -3.00. The van der Waals surface area contributed by atoms with Gasteiger partial charge in [0, 0.05) is 6.54 Å². The van der Waals surface area contributed by atoms with Crippen molar-refractivity contribution in [1.82, 2.24) is 16.0 Å². The van der Waals surface area contributed by atoms with E-state index in [-0.39, 0.29) is 31.9 Å². The quantitative estimate of drug-likeness (QED) is 0.0861. The number of nitrogens with two attached hydrogens (primary N) is 3. The van der Waals surface area contributed by atoms with E-state index in [9.17, 15) is 24.3 Å². The first-order valence-corrected chi connectivity index (χ1v) is 10.4. The number of carbonyl (C=O) groups excluding carboxylic acids is 3. The molecule has 3 amide bonds. The summed E-state index contributed by atoms with van der Waals surface area (Å²) >= 11 is 1.46. The van der Waals surface area contributed by atoms with Crippen LogP contribution in [0.1, 0.15) is 26.2 Å². The third-order valence-corrected chi connectivity index (χ3v) is 4.40. The van der Waals surface area contributed by atoms with E-state index in [4.69, 9.17) is 17.2 Å². The van der Waals surface area contributed by atoms with Crippen LogP contribution in [0, 0.1) is 0 Å². The summed E-state index contributed by atoms with van der Waals surface area (Å²) in [5.41, 5.74) is 15.7. The number of rotatable bonds is 14. The second kappa shape index (κ2) is 14.5. The highest BCUT2D eigenvalue weighted by Crippen LogP contribution is 2.03. The number of thioether (sulfide) groups is 1. The van der Waals surface area contributed by atoms with Crippen molar-refractivity contribution < 1.29 is 24.3 Å². The summed E-state index contributed by atoms with van der Waals surface area (Å²) in [4.78, 5) is 51.3. The predicted molar refractivity (Wildman–Crippen MR) is 111 cm³/mol. The van der Waals surface area contributed by atoms with E-state index >= 15 is 0 Å². The molecule has 0 bridgehead atoms. The lowest BCUT2D eigenvalue weighted by Gasteiger charge is -2.22. The van der Waals surface area contributed by atoms with Crippen molar-refractivity contribution in [3.05, 3.63) is 0 Å². The zero-order valence-electron chi connectivity index (χ0n) is 16.6. The zero-order valence-corrected chi connectivity index (χ0v) is 17.5. The number of carboxylic acid groups (broad SMARTS) is 1. The number of guanidine groups is 1. The highest BCUT2D eigenvalue weighted by molar-refractivity contribution is 7.98. The number of carbonyl (C=O) groups is 4. The van der Waals surface area contributed by atoms with Crippen LogP contribution in [0.15, 0.2) is 4.99 Å². The van der Waals surface area contributed by atoms with Gasteiger partial charge in [-0.3, -0.25) is 19.4 Å². The number of nitrogens with zero attached hydrogens (tertiary/aromatic N) is 1. The first kappa shape index (κ1) is 26.5. The molecule has 0 aliphatic heterocycles. The molecule has 0 radical (unpaired) electrons. The Bertz CT molecular complexity index is 598. The van der Waals surface area contributed by atoms with Gasteiger partial charge < -0.3 is 38.3 Å². The molecule has 3 unspecified atom stereocenters. The molecule has 0 rings (SSSR count). The molecule has 10 N–H and O–H groups in total. The topological polar surface area (TPSA) is 215 Å². The highest BCUT2D eigenvalue weighted by Gasteiger charge is 2.26. The number of carboxylic acids is 1. The summed E-state index contributed by atoms with van der Waals surface area (Å²) < 4.78 is 0. The van der Waals surface area contributed by atoms with Gasteiger partial charge in [-0.1, -0.05) is 0 Å². The molecule has 0 aliphatic rings. The first-order valence-electron chi connectivity index (χ1n) is 8.99. The Morgan fingerprint density at radius 2 is 1.69 bits per heavy atom. The Hall–Kier alpha value is -2.54. The standard InChI is InChI=1S/C16H31N7O5S/c1-9(13(25)23-11(15(27)28)5-7-29-2)21-14(26)10(22-12(24)8-17)4-3-6-20-16(18)19/h9-11H,3-8,17H2,1-2H3,(H,21,26)(H,22,24)(H,23,25)(H,27,28)(H4,18,19,20). The molecule has 0 saturated carbocycles. The second-order valence-corrected chi connectivity index (χ2v) is 7.17. The third kappa shape index (κ3) is 11.8. The van der Waals surface area contributed by atoms with Gasteiger partial charge in [-0.15, -0.1) is 0 Å². The Morgan fingerprint density at radius 3 is 2.21 bits per heavy atom. The van der Waals surface area contributed by atoms with Gasteiger partial charge in [-0.2, -0.15) is 11.8 Å². The fourth-order valence-corrected chi connectivity index (χ4v) is 2.67. The van der Waals surface area contributed by atoms with Crippen LogP contribution in [0.4, 0.5) is 0 Å². The van der Waals surface area contributed by atoms with Crippen molar-refractivity contribution in [2.45, 2.75) is 44.3 Å². The van der Waals surface area contributed by atoms with E-state index < -0.39 is 41.8 Å². The summed E-state index contributed by atoms with van der Waals surface area (Å²) in [7, 11) is 0. The van der Waals surface area contributed by atoms with Gasteiger partial charge in [0.05, 0.1) is 6.54 Å². The molecule has 166 valence electrons. The smallest absolute Gasteiger partial charge is 0.326 e. The van der Waals surface area contributed by atoms with Crippen molar-refractivity contribution in [3.63, 3.8) is 0 Å². The predicted octanol–water partition coefficient (Wildman–Crippen LogP) is -2.69. The first-order chi connectivity index (χ1) is 13.6. The molecule has 0 aromatic carbocycles. The normalized spacial score (nSPS) is 13.5. The van der Waals surface area contributed by atoms with Crippen molar-refractivity contribution in [1.29, 1.82) is 0 Å². The fourth-order valence-electron chi connectivity index (χ4n) is 2.19. The molecule has 12 nitrogen and oxygen atoms in total. The molecule has 0 spiro atoms. The second-order valence-electron chi connectivity index (χ2n) is 6.18. The monoisotopic (exact) mass is 433 g/mol. The molecular weight excluding hydrogens is 402 g/mol. The Kier molecular flexibility index (Phi) is 13.2. The van der Waals surface area contributed by atoms with Crippen LogP contribution in [0.3, 0.4) is 0 Å². The van der Waals surface area contributed by atoms with Crippen LogP contribution in [0.5, 0.6) is 0 Å². The maximum absolute atomic E-state index is 12.5. The van der Waals surface area contributed by atoms with E-state index in [0.29, 0.717) is 12.2 Å². The largest absolute Gasteiger partial charge is 0.480 e. The number of nitrogens with one attached hydrogen (secondary N) is 3. The van der Waals surface area contributed by atoms with Crippen LogP contribution >= 0.6 is 11.8 Å². The van der Waals surface area contributed by atoms with Gasteiger partial charge in [0.2, 0.25) is 17.7 Å². The Balaban J connectivity index is 4.87. The maximum atomic E-state index is 12.5. The molecule has 0 aromatic rings. The molecule has 0 saturated heterocycles. The summed E-state index contributed by atoms with van der Waals surface area (Å²) in [6.07, 6.45) is 2.70. The van der Waals surface area contributed by atoms with Gasteiger partial charge in [0.15, 0.2) is 5.96 Å². The number of hydrogen-bond donors (Lipinski definition) is 7. The molecule has 0 heterocycles. The summed E-state index contributed by atoms with van der Waals surface area (Å²) in [5, 5.41) is 16.5. The van der Waals surface area contributed by atoms with Gasteiger partial charge in [0.1, 0.15) is 18.1 Å². The van der Waals surface area contributed by atoms with Crippen LogP contribution in [-0.2, 0) is 19.2 Å². The lowest BCUT2D eigenvalue weighted by molar-refractivity contribution is -0.142. The Morgan fingerprint density at radius 1 is 1.03 bits per heavy atom. The van der Waals surface area contributed by atoms with Gasteiger partial charge in [-0.25, -0.2) is 4.79 Å². The Labute approximate surface area is 173 Å². The average molecular weight is 434 g/mol.